The van der Waals surface area contributed by atoms with Gasteiger partial charge in [-0.2, -0.15) is 10.2 Å². The molecule has 36 heavy (non-hydrogen) atoms. The Morgan fingerprint density at radius 1 is 1.28 bits per heavy atom. The molecule has 0 atom stereocenters. The highest BCUT2D eigenvalue weighted by molar-refractivity contribution is 6.03. The van der Waals surface area contributed by atoms with Gasteiger partial charge in [-0.3, -0.25) is 14.3 Å². The lowest BCUT2D eigenvalue weighted by Crippen LogP contribution is -2.42. The van der Waals surface area contributed by atoms with Gasteiger partial charge in [0.05, 0.1) is 18.8 Å². The molecule has 3 heterocycles. The van der Waals surface area contributed by atoms with Crippen LogP contribution in [-0.2, 0) is 11.3 Å². The summed E-state index contributed by atoms with van der Waals surface area (Å²) in [5.41, 5.74) is 12.9. The van der Waals surface area contributed by atoms with Crippen LogP contribution in [0.15, 0.2) is 30.6 Å². The van der Waals surface area contributed by atoms with Crippen molar-refractivity contribution in [1.82, 2.24) is 24.5 Å². The average molecular weight is 494 g/mol. The number of hydrogen-bond acceptors (Lipinski definition) is 5. The number of benzene rings is 1. The highest BCUT2D eigenvalue weighted by atomic mass is 19.2. The van der Waals surface area contributed by atoms with Crippen molar-refractivity contribution in [2.45, 2.75) is 38.8 Å². The van der Waals surface area contributed by atoms with E-state index in [-0.39, 0.29) is 46.5 Å². The molecule has 0 unspecified atom stereocenters. The van der Waals surface area contributed by atoms with Crippen molar-refractivity contribution in [3.8, 4) is 23.1 Å². The van der Waals surface area contributed by atoms with E-state index in [0.29, 0.717) is 18.7 Å². The van der Waals surface area contributed by atoms with Crippen molar-refractivity contribution in [2.75, 3.05) is 18.8 Å². The molecule has 1 spiro atoms. The number of halogens is 2. The predicted octanol–water partition coefficient (Wildman–Crippen LogP) is 2.33. The third kappa shape index (κ3) is 3.98. The number of rotatable bonds is 5. The van der Waals surface area contributed by atoms with Crippen LogP contribution in [0.3, 0.4) is 0 Å². The molecular formula is C25H25F2N7O2. The van der Waals surface area contributed by atoms with Crippen molar-refractivity contribution in [1.29, 1.82) is 0 Å². The number of carbonyl (C=O) groups excluding carboxylic acids is 2. The fraction of sp³-hybridized carbons (Fsp3) is 0.360. The summed E-state index contributed by atoms with van der Waals surface area (Å²) in [6.45, 7) is 2.93. The van der Waals surface area contributed by atoms with Crippen molar-refractivity contribution < 1.29 is 18.4 Å². The summed E-state index contributed by atoms with van der Waals surface area (Å²) in [5, 5.41) is 8.83. The van der Waals surface area contributed by atoms with E-state index >= 15 is 0 Å². The SMILES string of the molecule is CC#CC(=O)N1CCC2(CC(n3nc(-c4cnn(Cc5cccc(F)c5F)c4)c(C(N)=O)c3N)C2)C1. The van der Waals surface area contributed by atoms with E-state index in [1.807, 2.05) is 0 Å². The standard InChI is InChI=1S/C25H25F2N7O2/c1-2-4-19(35)32-8-7-25(14-32)9-17(10-25)34-23(28)20(24(29)36)22(31-34)16-11-30-33(13-16)12-15-5-3-6-18(26)21(15)27/h3,5-6,11,13,17H,7-10,12,14,28H2,1H3,(H2,29,36). The number of hydrogen-bond donors (Lipinski definition) is 2. The molecule has 1 aliphatic carbocycles. The molecule has 2 amide bonds. The second-order valence-electron chi connectivity index (χ2n) is 9.47. The zero-order valence-corrected chi connectivity index (χ0v) is 19.7. The van der Waals surface area contributed by atoms with Gasteiger partial charge in [-0.25, -0.2) is 13.5 Å². The maximum Gasteiger partial charge on any atom is 0.298 e. The summed E-state index contributed by atoms with van der Waals surface area (Å²) in [7, 11) is 0. The van der Waals surface area contributed by atoms with Crippen LogP contribution in [0.1, 0.15) is 48.1 Å². The molecule has 0 radical (unpaired) electrons. The normalized spacial score (nSPS) is 20.8. The van der Waals surface area contributed by atoms with E-state index < -0.39 is 17.5 Å². The Balaban J connectivity index is 1.37. The molecular weight excluding hydrogens is 468 g/mol. The molecule has 2 fully saturated rings. The zero-order valence-electron chi connectivity index (χ0n) is 19.7. The van der Waals surface area contributed by atoms with Crippen LogP contribution in [-0.4, -0.2) is 49.4 Å². The van der Waals surface area contributed by atoms with Gasteiger partial charge in [0.15, 0.2) is 11.6 Å². The van der Waals surface area contributed by atoms with E-state index in [1.54, 1.807) is 22.7 Å². The quantitative estimate of drug-likeness (QED) is 0.528. The molecule has 11 heteroatoms. The molecule has 0 bridgehead atoms. The first kappa shape index (κ1) is 23.5. The van der Waals surface area contributed by atoms with Crippen molar-refractivity contribution in [3.63, 3.8) is 0 Å². The Morgan fingerprint density at radius 3 is 2.78 bits per heavy atom. The second-order valence-corrected chi connectivity index (χ2v) is 9.47. The fourth-order valence-electron chi connectivity index (χ4n) is 5.33. The summed E-state index contributed by atoms with van der Waals surface area (Å²) < 4.78 is 30.7. The Bertz CT molecular complexity index is 1430. The average Bonchev–Trinajstić information content (AvgIpc) is 3.53. The molecule has 186 valence electrons. The molecule has 4 N–H and O–H groups in total. The van der Waals surface area contributed by atoms with Gasteiger partial charge >= 0.3 is 0 Å². The molecule has 1 saturated carbocycles. The van der Waals surface area contributed by atoms with Gasteiger partial charge in [-0.05, 0) is 43.6 Å². The molecule has 2 aromatic heterocycles. The van der Waals surface area contributed by atoms with Crippen LogP contribution in [0.4, 0.5) is 14.6 Å². The van der Waals surface area contributed by atoms with E-state index in [2.05, 4.69) is 22.0 Å². The summed E-state index contributed by atoms with van der Waals surface area (Å²) in [6, 6.07) is 3.90. The summed E-state index contributed by atoms with van der Waals surface area (Å²) in [4.78, 5) is 26.2. The van der Waals surface area contributed by atoms with Gasteiger partial charge in [-0.15, -0.1) is 0 Å². The van der Waals surface area contributed by atoms with Crippen molar-refractivity contribution in [3.05, 3.63) is 53.4 Å². The molecule has 1 saturated heterocycles. The van der Waals surface area contributed by atoms with Crippen molar-refractivity contribution in [2.24, 2.45) is 11.1 Å². The minimum absolute atomic E-state index is 0.00549. The third-order valence-corrected chi connectivity index (χ3v) is 7.11. The van der Waals surface area contributed by atoms with Gasteiger partial charge in [0.25, 0.3) is 11.8 Å². The molecule has 2 aliphatic rings. The highest BCUT2D eigenvalue weighted by Crippen LogP contribution is 2.54. The number of anilines is 1. The zero-order chi connectivity index (χ0) is 25.6. The van der Waals surface area contributed by atoms with Gasteiger partial charge in [0.2, 0.25) is 0 Å². The fourth-order valence-corrected chi connectivity index (χ4v) is 5.33. The maximum absolute atomic E-state index is 14.1. The monoisotopic (exact) mass is 493 g/mol. The second kappa shape index (κ2) is 8.78. The first-order valence-electron chi connectivity index (χ1n) is 11.6. The van der Waals surface area contributed by atoms with E-state index in [4.69, 9.17) is 11.5 Å². The number of primary amides is 1. The minimum Gasteiger partial charge on any atom is -0.383 e. The minimum atomic E-state index is -0.936. The summed E-state index contributed by atoms with van der Waals surface area (Å²) >= 11 is 0. The number of carbonyl (C=O) groups is 2. The summed E-state index contributed by atoms with van der Waals surface area (Å²) in [6.07, 6.45) is 5.46. The third-order valence-electron chi connectivity index (χ3n) is 7.11. The van der Waals surface area contributed by atoms with Gasteiger partial charge in [0, 0.05) is 30.4 Å². The van der Waals surface area contributed by atoms with Gasteiger partial charge < -0.3 is 16.4 Å². The van der Waals surface area contributed by atoms with E-state index in [9.17, 15) is 18.4 Å². The topological polar surface area (TPSA) is 125 Å². The maximum atomic E-state index is 14.1. The molecule has 1 aromatic carbocycles. The Labute approximate surface area is 206 Å². The van der Waals surface area contributed by atoms with Crippen LogP contribution >= 0.6 is 0 Å². The lowest BCUT2D eigenvalue weighted by molar-refractivity contribution is -0.125. The Kier molecular flexibility index (Phi) is 5.74. The predicted molar refractivity (Wildman–Crippen MR) is 127 cm³/mol. The smallest absolute Gasteiger partial charge is 0.298 e. The highest BCUT2D eigenvalue weighted by Gasteiger charge is 2.51. The summed E-state index contributed by atoms with van der Waals surface area (Å²) in [5.74, 6) is 2.65. The Morgan fingerprint density at radius 2 is 2.06 bits per heavy atom. The number of nitrogens with two attached hydrogens (primary N) is 2. The van der Waals surface area contributed by atoms with Crippen LogP contribution < -0.4 is 11.5 Å². The lowest BCUT2D eigenvalue weighted by Gasteiger charge is -2.45. The Hall–Kier alpha value is -4.20. The first-order chi connectivity index (χ1) is 17.2. The number of likely N-dealkylation sites (tertiary alicyclic amines) is 1. The first-order valence-corrected chi connectivity index (χ1v) is 11.6. The van der Waals surface area contributed by atoms with Gasteiger partial charge in [0.1, 0.15) is 17.1 Å². The van der Waals surface area contributed by atoms with Crippen LogP contribution in [0.25, 0.3) is 11.3 Å². The molecule has 9 nitrogen and oxygen atoms in total. The van der Waals surface area contributed by atoms with Crippen LogP contribution in [0, 0.1) is 28.9 Å². The van der Waals surface area contributed by atoms with Crippen molar-refractivity contribution >= 4 is 17.6 Å². The van der Waals surface area contributed by atoms with E-state index in [0.717, 1.165) is 25.3 Å². The largest absolute Gasteiger partial charge is 0.383 e. The molecule has 5 rings (SSSR count). The molecule has 3 aromatic rings. The van der Waals surface area contributed by atoms with Crippen LogP contribution in [0.5, 0.6) is 0 Å². The molecule has 1 aliphatic heterocycles. The number of amides is 2. The van der Waals surface area contributed by atoms with E-state index in [1.165, 1.54) is 23.0 Å². The van der Waals surface area contributed by atoms with Gasteiger partial charge in [-0.1, -0.05) is 18.1 Å². The number of nitrogen functional groups attached to an aromatic ring is 1. The van der Waals surface area contributed by atoms with Crippen LogP contribution in [0.2, 0.25) is 0 Å². The lowest BCUT2D eigenvalue weighted by atomic mass is 9.65. The number of nitrogens with zero attached hydrogens (tertiary/aromatic N) is 5. The number of aromatic nitrogens is 4.